The Bertz CT molecular complexity index is 1090. The molecule has 0 radical (unpaired) electrons. The number of hydrogen-bond donors (Lipinski definition) is 2. The van der Waals surface area contributed by atoms with Gasteiger partial charge in [0.15, 0.2) is 0 Å². The molecule has 0 aliphatic carbocycles. The zero-order valence-electron chi connectivity index (χ0n) is 20.7. The number of carbonyl (C=O) groups is 1. The highest BCUT2D eigenvalue weighted by Crippen LogP contribution is 2.34. The molecule has 7 heteroatoms. The van der Waals surface area contributed by atoms with Crippen LogP contribution in [0.5, 0.6) is 0 Å². The van der Waals surface area contributed by atoms with Crippen LogP contribution in [0.4, 0.5) is 14.5 Å². The summed E-state index contributed by atoms with van der Waals surface area (Å²) in [7, 11) is 0. The zero-order chi connectivity index (χ0) is 25.6. The lowest BCUT2D eigenvalue weighted by Crippen LogP contribution is -2.49. The minimum atomic E-state index is -0.976. The number of hydrogen-bond acceptors (Lipinski definition) is 4. The molecule has 2 aromatic carbocycles. The van der Waals surface area contributed by atoms with Crippen molar-refractivity contribution in [1.29, 1.82) is 0 Å². The van der Waals surface area contributed by atoms with Gasteiger partial charge in [-0.2, -0.15) is 0 Å². The summed E-state index contributed by atoms with van der Waals surface area (Å²) < 4.78 is 27.5. The van der Waals surface area contributed by atoms with Gasteiger partial charge in [0.1, 0.15) is 11.6 Å². The number of anilines is 1. The highest BCUT2D eigenvalue weighted by atomic mass is 32.1. The van der Waals surface area contributed by atoms with Gasteiger partial charge in [0.2, 0.25) is 5.91 Å². The van der Waals surface area contributed by atoms with E-state index in [2.05, 4.69) is 42.4 Å². The standard InChI is InChI=1S/C28H34F2N2O2S/c1-19(33)31-24(14-21-12-22(29)15-23(30)13-21)26(34)18-32(17-20-8-6-5-7-9-20)25-10-11-35-27(25)16-28(2,3)4/h5-13,15,24,26,34H,14,16-18H2,1-4H3,(H,31,33). The minimum Gasteiger partial charge on any atom is -0.389 e. The van der Waals surface area contributed by atoms with Gasteiger partial charge in [-0.3, -0.25) is 4.79 Å². The fraction of sp³-hybridized carbons (Fsp3) is 0.393. The van der Waals surface area contributed by atoms with Gasteiger partial charge in [0.25, 0.3) is 0 Å². The molecule has 188 valence electrons. The highest BCUT2D eigenvalue weighted by Gasteiger charge is 2.26. The van der Waals surface area contributed by atoms with E-state index in [4.69, 9.17) is 0 Å². The Kier molecular flexibility index (Phi) is 9.03. The van der Waals surface area contributed by atoms with Crippen LogP contribution in [0.15, 0.2) is 60.0 Å². The summed E-state index contributed by atoms with van der Waals surface area (Å²) in [5, 5.41) is 16.1. The van der Waals surface area contributed by atoms with Crippen molar-refractivity contribution >= 4 is 22.9 Å². The zero-order valence-corrected chi connectivity index (χ0v) is 21.5. The summed E-state index contributed by atoms with van der Waals surface area (Å²) in [6.45, 7) is 8.76. The Morgan fingerprint density at radius 3 is 2.31 bits per heavy atom. The van der Waals surface area contributed by atoms with E-state index in [1.165, 1.54) is 23.9 Å². The molecule has 0 spiro atoms. The van der Waals surface area contributed by atoms with E-state index < -0.39 is 23.8 Å². The number of benzene rings is 2. The predicted molar refractivity (Wildman–Crippen MR) is 139 cm³/mol. The van der Waals surface area contributed by atoms with Crippen LogP contribution in [0.3, 0.4) is 0 Å². The normalized spacial score (nSPS) is 13.3. The molecule has 0 fully saturated rings. The van der Waals surface area contributed by atoms with E-state index in [-0.39, 0.29) is 24.3 Å². The summed E-state index contributed by atoms with van der Waals surface area (Å²) in [5.41, 5.74) is 2.61. The van der Waals surface area contributed by atoms with Crippen LogP contribution in [-0.4, -0.2) is 29.7 Å². The second-order valence-corrected chi connectivity index (χ2v) is 11.2. The molecule has 3 rings (SSSR count). The van der Waals surface area contributed by atoms with Crippen LogP contribution >= 0.6 is 11.3 Å². The lowest BCUT2D eigenvalue weighted by atomic mass is 9.91. The second kappa shape index (κ2) is 11.8. The first-order valence-corrected chi connectivity index (χ1v) is 12.6. The molecule has 1 heterocycles. The number of carbonyl (C=O) groups excluding carboxylic acids is 1. The first-order chi connectivity index (χ1) is 16.5. The van der Waals surface area contributed by atoms with Crippen molar-refractivity contribution in [2.75, 3.05) is 11.4 Å². The van der Waals surface area contributed by atoms with E-state index in [9.17, 15) is 18.7 Å². The van der Waals surface area contributed by atoms with E-state index in [0.717, 1.165) is 23.7 Å². The maximum atomic E-state index is 13.8. The number of halogens is 2. The van der Waals surface area contributed by atoms with Crippen molar-refractivity contribution in [1.82, 2.24) is 5.32 Å². The SMILES string of the molecule is CC(=O)NC(Cc1cc(F)cc(F)c1)C(O)CN(Cc1ccccc1)c1ccsc1CC(C)(C)C. The van der Waals surface area contributed by atoms with Gasteiger partial charge in [0.05, 0.1) is 17.8 Å². The van der Waals surface area contributed by atoms with E-state index in [0.29, 0.717) is 12.1 Å². The monoisotopic (exact) mass is 500 g/mol. The summed E-state index contributed by atoms with van der Waals surface area (Å²) in [6.07, 6.45) is 0.0166. The first kappa shape index (κ1) is 26.8. The van der Waals surface area contributed by atoms with Gasteiger partial charge in [0, 0.05) is 31.0 Å². The molecule has 0 bridgehead atoms. The Morgan fingerprint density at radius 1 is 1.06 bits per heavy atom. The maximum Gasteiger partial charge on any atom is 0.217 e. The van der Waals surface area contributed by atoms with Crippen LogP contribution in [-0.2, 0) is 24.2 Å². The third-order valence-corrected chi connectivity index (χ3v) is 6.52. The van der Waals surface area contributed by atoms with Crippen LogP contribution < -0.4 is 10.2 Å². The fourth-order valence-corrected chi connectivity index (χ4v) is 5.36. The van der Waals surface area contributed by atoms with Crippen molar-refractivity contribution in [3.05, 3.63) is 87.6 Å². The largest absolute Gasteiger partial charge is 0.389 e. The lowest BCUT2D eigenvalue weighted by molar-refractivity contribution is -0.120. The van der Waals surface area contributed by atoms with Gasteiger partial charge < -0.3 is 15.3 Å². The Labute approximate surface area is 210 Å². The summed E-state index contributed by atoms with van der Waals surface area (Å²) in [6, 6.07) is 14.6. The fourth-order valence-electron chi connectivity index (χ4n) is 4.16. The van der Waals surface area contributed by atoms with Crippen molar-refractivity contribution in [3.8, 4) is 0 Å². The Morgan fingerprint density at radius 2 is 1.71 bits per heavy atom. The molecule has 4 nitrogen and oxygen atoms in total. The minimum absolute atomic E-state index is 0.0941. The Balaban J connectivity index is 1.89. The molecule has 2 atom stereocenters. The number of nitrogens with one attached hydrogen (secondary N) is 1. The summed E-state index contributed by atoms with van der Waals surface area (Å²) in [4.78, 5) is 15.3. The van der Waals surface area contributed by atoms with Gasteiger partial charge >= 0.3 is 0 Å². The third-order valence-electron chi connectivity index (χ3n) is 5.61. The molecule has 1 aromatic heterocycles. The number of amides is 1. The molecule has 35 heavy (non-hydrogen) atoms. The van der Waals surface area contributed by atoms with Crippen LogP contribution in [0.25, 0.3) is 0 Å². The summed E-state index contributed by atoms with van der Waals surface area (Å²) in [5.74, 6) is -1.69. The van der Waals surface area contributed by atoms with Gasteiger partial charge in [-0.05, 0) is 53.0 Å². The molecule has 0 aliphatic rings. The quantitative estimate of drug-likeness (QED) is 0.374. The van der Waals surface area contributed by atoms with Crippen molar-refractivity contribution < 1.29 is 18.7 Å². The van der Waals surface area contributed by atoms with E-state index in [1.807, 2.05) is 30.3 Å². The molecule has 3 aromatic rings. The van der Waals surface area contributed by atoms with Gasteiger partial charge in [-0.15, -0.1) is 11.3 Å². The summed E-state index contributed by atoms with van der Waals surface area (Å²) >= 11 is 1.69. The maximum absolute atomic E-state index is 13.8. The molecule has 0 saturated carbocycles. The van der Waals surface area contributed by atoms with Crippen LogP contribution in [0.2, 0.25) is 0 Å². The van der Waals surface area contributed by atoms with Crippen LogP contribution in [0, 0.1) is 17.0 Å². The molecule has 2 N–H and O–H groups in total. The molecular weight excluding hydrogens is 466 g/mol. The first-order valence-electron chi connectivity index (χ1n) is 11.8. The Hall–Kier alpha value is -2.77. The number of rotatable bonds is 10. The molecule has 0 saturated heterocycles. The van der Waals surface area contributed by atoms with E-state index in [1.54, 1.807) is 11.3 Å². The number of nitrogens with zero attached hydrogens (tertiary/aromatic N) is 1. The topological polar surface area (TPSA) is 52.6 Å². The van der Waals surface area contributed by atoms with Crippen molar-refractivity contribution in [3.63, 3.8) is 0 Å². The lowest BCUT2D eigenvalue weighted by Gasteiger charge is -2.32. The third kappa shape index (κ3) is 8.44. The van der Waals surface area contributed by atoms with E-state index >= 15 is 0 Å². The average molecular weight is 501 g/mol. The second-order valence-electron chi connectivity index (χ2n) is 10.2. The van der Waals surface area contributed by atoms with Crippen LogP contribution in [0.1, 0.15) is 43.7 Å². The smallest absolute Gasteiger partial charge is 0.217 e. The number of aliphatic hydroxyl groups excluding tert-OH is 1. The highest BCUT2D eigenvalue weighted by molar-refractivity contribution is 7.10. The van der Waals surface area contributed by atoms with Crippen molar-refractivity contribution in [2.24, 2.45) is 5.41 Å². The number of thiophene rings is 1. The molecule has 2 unspecified atom stereocenters. The predicted octanol–water partition coefficient (Wildman–Crippen LogP) is 5.73. The van der Waals surface area contributed by atoms with Crippen molar-refractivity contribution in [2.45, 2.75) is 59.2 Å². The van der Waals surface area contributed by atoms with Gasteiger partial charge in [-0.25, -0.2) is 8.78 Å². The average Bonchev–Trinajstić information content (AvgIpc) is 3.18. The van der Waals surface area contributed by atoms with Gasteiger partial charge in [-0.1, -0.05) is 51.1 Å². The molecule has 1 amide bonds. The number of aliphatic hydroxyl groups is 1. The molecular formula is C28H34F2N2O2S. The molecule has 0 aliphatic heterocycles.